The fraction of sp³-hybridized carbons (Fsp3) is 0.321. The van der Waals surface area contributed by atoms with Crippen LogP contribution in [0, 0.1) is 6.92 Å². The molecule has 0 spiro atoms. The Balaban J connectivity index is 1.91. The number of benzene rings is 2. The summed E-state index contributed by atoms with van der Waals surface area (Å²) >= 11 is 0. The van der Waals surface area contributed by atoms with E-state index in [-0.39, 0.29) is 5.69 Å². The molecule has 0 bridgehead atoms. The number of carbonyl (C=O) groups is 1. The first-order valence-corrected chi connectivity index (χ1v) is 11.7. The highest BCUT2D eigenvalue weighted by atomic mass is 19.3. The maximum absolute atomic E-state index is 13.5. The van der Waals surface area contributed by atoms with E-state index in [0.717, 1.165) is 17.4 Å². The Morgan fingerprint density at radius 2 is 1.94 bits per heavy atom. The molecule has 1 aliphatic heterocycles. The molecule has 0 amide bonds. The first kappa shape index (κ1) is 24.1. The number of pyridine rings is 2. The van der Waals surface area contributed by atoms with Crippen molar-refractivity contribution in [1.82, 2.24) is 9.97 Å². The molecule has 2 aromatic carbocycles. The van der Waals surface area contributed by atoms with E-state index in [4.69, 9.17) is 9.47 Å². The van der Waals surface area contributed by atoms with Crippen molar-refractivity contribution in [3.63, 3.8) is 0 Å². The van der Waals surface area contributed by atoms with Crippen LogP contribution in [0.5, 0.6) is 5.75 Å². The van der Waals surface area contributed by atoms with Crippen molar-refractivity contribution < 1.29 is 28.2 Å². The third-order valence-corrected chi connectivity index (χ3v) is 6.28. The topological polar surface area (TPSA) is 81.5 Å². The summed E-state index contributed by atoms with van der Waals surface area (Å²) in [6, 6.07) is 10.1. The van der Waals surface area contributed by atoms with Gasteiger partial charge >= 0.3 is 5.97 Å². The number of aromatic nitrogens is 2. The predicted molar refractivity (Wildman–Crippen MR) is 133 cm³/mol. The molecule has 2 aromatic heterocycles. The van der Waals surface area contributed by atoms with E-state index in [1.54, 1.807) is 46.0 Å². The summed E-state index contributed by atoms with van der Waals surface area (Å²) < 4.78 is 38.9. The van der Waals surface area contributed by atoms with Crippen molar-refractivity contribution >= 4 is 27.8 Å². The zero-order chi connectivity index (χ0) is 25.8. The molecule has 0 saturated heterocycles. The fourth-order valence-electron chi connectivity index (χ4n) is 4.88. The van der Waals surface area contributed by atoms with Crippen molar-refractivity contribution in [3.05, 3.63) is 65.0 Å². The molecule has 36 heavy (non-hydrogen) atoms. The van der Waals surface area contributed by atoms with Gasteiger partial charge in [0.25, 0.3) is 6.43 Å². The first-order chi connectivity index (χ1) is 17.0. The van der Waals surface area contributed by atoms with Crippen LogP contribution in [0.2, 0.25) is 0 Å². The summed E-state index contributed by atoms with van der Waals surface area (Å²) in [6.45, 7) is 7.67. The van der Waals surface area contributed by atoms with E-state index in [1.807, 2.05) is 18.2 Å². The van der Waals surface area contributed by atoms with E-state index in [0.29, 0.717) is 51.0 Å². The fourth-order valence-corrected chi connectivity index (χ4v) is 4.88. The van der Waals surface area contributed by atoms with Crippen molar-refractivity contribution in [2.75, 3.05) is 6.61 Å². The Labute approximate surface area is 206 Å². The quantitative estimate of drug-likeness (QED) is 0.339. The van der Waals surface area contributed by atoms with Crippen molar-refractivity contribution in [2.45, 2.75) is 52.2 Å². The number of rotatable bonds is 5. The minimum absolute atomic E-state index is 0.343. The molecule has 3 heterocycles. The average Bonchev–Trinajstić information content (AvgIpc) is 2.81. The highest BCUT2D eigenvalue weighted by molar-refractivity contribution is 6.08. The predicted octanol–water partition coefficient (Wildman–Crippen LogP) is 6.57. The summed E-state index contributed by atoms with van der Waals surface area (Å²) in [6.07, 6.45) is -1.59. The molecule has 1 aliphatic rings. The molecular weight excluding hydrogens is 466 g/mol. The van der Waals surface area contributed by atoms with Crippen LogP contribution in [-0.2, 0) is 16.0 Å². The Morgan fingerprint density at radius 3 is 2.64 bits per heavy atom. The van der Waals surface area contributed by atoms with Crippen LogP contribution in [0.1, 0.15) is 55.7 Å². The minimum Gasteiger partial charge on any atom is -0.493 e. The van der Waals surface area contributed by atoms with Gasteiger partial charge in [-0.25, -0.2) is 18.6 Å². The number of aryl methyl sites for hydroxylation is 1. The van der Waals surface area contributed by atoms with Gasteiger partial charge in [-0.1, -0.05) is 6.07 Å². The Bertz CT molecular complexity index is 1500. The smallest absolute Gasteiger partial charge is 0.337 e. The van der Waals surface area contributed by atoms with Crippen molar-refractivity contribution in [1.29, 1.82) is 0 Å². The van der Waals surface area contributed by atoms with Crippen LogP contribution in [0.25, 0.3) is 32.9 Å². The van der Waals surface area contributed by atoms with E-state index < -0.39 is 24.1 Å². The normalized spacial score (nSPS) is 14.3. The monoisotopic (exact) mass is 492 g/mol. The molecule has 6 nitrogen and oxygen atoms in total. The SMILES string of the molecule is Cc1cc2nc(C(F)F)ccc2c(-c2ccc3c4c(ccnc24)CCO3)c1[C@@H](OC(C)(C)C)C(=O)O. The van der Waals surface area contributed by atoms with Crippen LogP contribution >= 0.6 is 0 Å². The molecule has 0 unspecified atom stereocenters. The zero-order valence-corrected chi connectivity index (χ0v) is 20.4. The van der Waals surface area contributed by atoms with Gasteiger partial charge < -0.3 is 14.6 Å². The number of ether oxygens (including phenoxy) is 2. The third kappa shape index (κ3) is 4.15. The Hall–Kier alpha value is -3.65. The molecule has 0 saturated carbocycles. The lowest BCUT2D eigenvalue weighted by Gasteiger charge is -2.29. The van der Waals surface area contributed by atoms with Crippen molar-refractivity contribution in [2.24, 2.45) is 0 Å². The van der Waals surface area contributed by atoms with Gasteiger partial charge in [0.1, 0.15) is 11.4 Å². The summed E-state index contributed by atoms with van der Waals surface area (Å²) in [5.41, 5.74) is 3.21. The van der Waals surface area contributed by atoms with Crippen molar-refractivity contribution in [3.8, 4) is 16.9 Å². The Kier molecular flexibility index (Phi) is 5.87. The zero-order valence-electron chi connectivity index (χ0n) is 20.4. The van der Waals surface area contributed by atoms with Crippen LogP contribution in [0.15, 0.2) is 42.6 Å². The maximum Gasteiger partial charge on any atom is 0.337 e. The molecule has 5 rings (SSSR count). The molecule has 1 atom stereocenters. The van der Waals surface area contributed by atoms with Crippen LogP contribution in [-0.4, -0.2) is 33.3 Å². The van der Waals surface area contributed by atoms with Gasteiger partial charge in [-0.2, -0.15) is 0 Å². The highest BCUT2D eigenvalue weighted by Crippen LogP contribution is 2.45. The number of hydrogen-bond donors (Lipinski definition) is 1. The molecule has 0 fully saturated rings. The lowest BCUT2D eigenvalue weighted by atomic mass is 9.86. The van der Waals surface area contributed by atoms with E-state index in [1.165, 1.54) is 6.07 Å². The number of fused-ring (bicyclic) bond motifs is 1. The van der Waals surface area contributed by atoms with Gasteiger partial charge in [-0.15, -0.1) is 0 Å². The summed E-state index contributed by atoms with van der Waals surface area (Å²) in [7, 11) is 0. The molecular formula is C28H26F2N2O4. The van der Waals surface area contributed by atoms with E-state index in [2.05, 4.69) is 9.97 Å². The average molecular weight is 493 g/mol. The number of carboxylic acids is 1. The first-order valence-electron chi connectivity index (χ1n) is 11.7. The van der Waals surface area contributed by atoms with Gasteiger partial charge in [0.2, 0.25) is 0 Å². The van der Waals surface area contributed by atoms with Gasteiger partial charge in [0.15, 0.2) is 6.10 Å². The maximum atomic E-state index is 13.5. The summed E-state index contributed by atoms with van der Waals surface area (Å²) in [5.74, 6) is -0.440. The highest BCUT2D eigenvalue weighted by Gasteiger charge is 2.33. The molecule has 0 aliphatic carbocycles. The lowest BCUT2D eigenvalue weighted by Crippen LogP contribution is -2.28. The molecule has 186 valence electrons. The number of nitrogens with zero attached hydrogens (tertiary/aromatic N) is 2. The van der Waals surface area contributed by atoms with E-state index in [9.17, 15) is 18.7 Å². The number of hydrogen-bond acceptors (Lipinski definition) is 5. The van der Waals surface area contributed by atoms with Crippen LogP contribution in [0.3, 0.4) is 0 Å². The standard InChI is InChI=1S/C28H26F2N2O4/c1-14-13-19-16(5-7-18(32-19)26(29)30)23(21(14)25(27(33)34)36-28(2,3)4)17-6-8-20-22-15(10-12-35-20)9-11-31-24(17)22/h5-9,11,13,25-26H,10,12H2,1-4H3,(H,33,34)/t25-/m1/s1. The second-order valence-electron chi connectivity index (χ2n) is 9.94. The van der Waals surface area contributed by atoms with Crippen LogP contribution < -0.4 is 4.74 Å². The number of carboxylic acid groups (broad SMARTS) is 1. The third-order valence-electron chi connectivity index (χ3n) is 6.28. The Morgan fingerprint density at radius 1 is 1.17 bits per heavy atom. The van der Waals surface area contributed by atoms with Gasteiger partial charge in [0.05, 0.1) is 23.2 Å². The van der Waals surface area contributed by atoms with Gasteiger partial charge in [-0.05, 0) is 74.7 Å². The lowest BCUT2D eigenvalue weighted by molar-refractivity contribution is -0.160. The number of alkyl halides is 2. The second kappa shape index (κ2) is 8.78. The largest absolute Gasteiger partial charge is 0.493 e. The summed E-state index contributed by atoms with van der Waals surface area (Å²) in [4.78, 5) is 21.4. The minimum atomic E-state index is -2.73. The number of halogens is 2. The molecule has 0 radical (unpaired) electrons. The molecule has 4 aromatic rings. The summed E-state index contributed by atoms with van der Waals surface area (Å²) in [5, 5.41) is 11.7. The van der Waals surface area contributed by atoms with E-state index >= 15 is 0 Å². The van der Waals surface area contributed by atoms with Gasteiger partial charge in [0, 0.05) is 34.5 Å². The van der Waals surface area contributed by atoms with Gasteiger partial charge in [-0.3, -0.25) is 4.98 Å². The molecule has 1 N–H and O–H groups in total. The van der Waals surface area contributed by atoms with Crippen LogP contribution in [0.4, 0.5) is 8.78 Å². The molecule has 8 heteroatoms. The second-order valence-corrected chi connectivity index (χ2v) is 9.94. The number of aliphatic carboxylic acids is 1.